The molecular formula is C30H34ClNO5S. The largest absolute Gasteiger partial charge is 0.494 e. The van der Waals surface area contributed by atoms with Crippen molar-refractivity contribution in [3.8, 4) is 16.9 Å². The molecule has 0 amide bonds. The number of hydrogen-bond donors (Lipinski definition) is 1. The van der Waals surface area contributed by atoms with Crippen LogP contribution in [0.5, 0.6) is 5.75 Å². The summed E-state index contributed by atoms with van der Waals surface area (Å²) in [7, 11) is -4.04. The predicted molar refractivity (Wildman–Crippen MR) is 151 cm³/mol. The molecule has 0 aromatic heterocycles. The highest BCUT2D eigenvalue weighted by Crippen LogP contribution is 2.39. The molecule has 8 heteroatoms. The zero-order valence-electron chi connectivity index (χ0n) is 21.3. The van der Waals surface area contributed by atoms with E-state index in [-0.39, 0.29) is 30.1 Å². The van der Waals surface area contributed by atoms with Crippen molar-refractivity contribution in [2.45, 2.75) is 54.2 Å². The van der Waals surface area contributed by atoms with Crippen molar-refractivity contribution < 1.29 is 23.1 Å². The van der Waals surface area contributed by atoms with Crippen LogP contribution >= 0.6 is 12.4 Å². The fraction of sp³-hybridized carbons (Fsp3) is 0.367. The summed E-state index contributed by atoms with van der Waals surface area (Å²) in [5, 5.41) is 9.98. The van der Waals surface area contributed by atoms with Gasteiger partial charge in [0.1, 0.15) is 5.75 Å². The summed E-state index contributed by atoms with van der Waals surface area (Å²) < 4.78 is 31.0. The van der Waals surface area contributed by atoms with Crippen molar-refractivity contribution in [1.82, 2.24) is 4.90 Å². The second kappa shape index (κ2) is 11.9. The number of hydrogen-bond acceptors (Lipinski definition) is 5. The molecule has 1 saturated carbocycles. The normalized spacial score (nSPS) is 17.4. The standard InChI is InChI=1S/C30H33NO5S.ClH/c32-29(33)30(17-19-31(20-18-30)26-11-12-26)37(34,35)28-15-13-27(14-16-28)36-21-5-7-23-6-4-10-25(22-23)24-8-2-1-3-9-24;/h1-4,6,8-10,13-16,22,26H,5,7,11-12,17-21H2,(H,32,33);1H. The minimum atomic E-state index is -4.04. The summed E-state index contributed by atoms with van der Waals surface area (Å²) in [5.41, 5.74) is 3.61. The van der Waals surface area contributed by atoms with E-state index in [4.69, 9.17) is 4.74 Å². The molecule has 0 spiro atoms. The molecule has 2 fully saturated rings. The van der Waals surface area contributed by atoms with Gasteiger partial charge in [-0.15, -0.1) is 12.4 Å². The second-order valence-corrected chi connectivity index (χ2v) is 12.3. The molecule has 1 aliphatic heterocycles. The lowest BCUT2D eigenvalue weighted by Crippen LogP contribution is -2.54. The van der Waals surface area contributed by atoms with Crippen molar-refractivity contribution in [2.75, 3.05) is 19.7 Å². The maximum absolute atomic E-state index is 13.5. The molecule has 1 heterocycles. The highest BCUT2D eigenvalue weighted by atomic mass is 35.5. The first-order valence-corrected chi connectivity index (χ1v) is 14.5. The maximum atomic E-state index is 13.5. The molecule has 0 bridgehead atoms. The van der Waals surface area contributed by atoms with Gasteiger partial charge in [-0.25, -0.2) is 8.42 Å². The smallest absolute Gasteiger partial charge is 0.325 e. The molecule has 3 aromatic rings. The lowest BCUT2D eigenvalue weighted by atomic mass is 9.95. The number of carboxylic acids is 1. The van der Waals surface area contributed by atoms with Gasteiger partial charge in [-0.05, 0) is 79.5 Å². The van der Waals surface area contributed by atoms with Gasteiger partial charge in [0.05, 0.1) is 11.5 Å². The van der Waals surface area contributed by atoms with Gasteiger partial charge in [0.25, 0.3) is 0 Å². The summed E-state index contributed by atoms with van der Waals surface area (Å²) in [5.74, 6) is -0.676. The van der Waals surface area contributed by atoms with Crippen LogP contribution in [0.2, 0.25) is 0 Å². The fourth-order valence-electron chi connectivity index (χ4n) is 5.23. The van der Waals surface area contributed by atoms with E-state index in [1.54, 1.807) is 12.1 Å². The quantitative estimate of drug-likeness (QED) is 0.326. The molecule has 38 heavy (non-hydrogen) atoms. The molecule has 0 atom stereocenters. The van der Waals surface area contributed by atoms with Crippen LogP contribution in [-0.2, 0) is 21.1 Å². The zero-order valence-corrected chi connectivity index (χ0v) is 22.9. The van der Waals surface area contributed by atoms with Crippen LogP contribution in [-0.4, -0.2) is 54.9 Å². The number of carboxylic acid groups (broad SMARTS) is 1. The molecule has 1 N–H and O–H groups in total. The number of sulfone groups is 1. The minimum Gasteiger partial charge on any atom is -0.494 e. The summed E-state index contributed by atoms with van der Waals surface area (Å²) >= 11 is 0. The summed E-state index contributed by atoms with van der Waals surface area (Å²) in [6.45, 7) is 1.51. The first kappa shape index (κ1) is 28.1. The number of rotatable bonds is 10. The molecule has 2 aliphatic rings. The van der Waals surface area contributed by atoms with Crippen LogP contribution in [0, 0.1) is 0 Å². The van der Waals surface area contributed by atoms with Crippen LogP contribution in [0.15, 0.2) is 83.8 Å². The van der Waals surface area contributed by atoms with Crippen molar-refractivity contribution in [2.24, 2.45) is 0 Å². The first-order chi connectivity index (χ1) is 17.9. The molecule has 6 nitrogen and oxygen atoms in total. The van der Waals surface area contributed by atoms with Crippen molar-refractivity contribution >= 4 is 28.2 Å². The molecule has 3 aromatic carbocycles. The summed E-state index contributed by atoms with van der Waals surface area (Å²) in [4.78, 5) is 14.5. The van der Waals surface area contributed by atoms with Crippen molar-refractivity contribution in [3.05, 3.63) is 84.4 Å². The SMILES string of the molecule is Cl.O=C(O)C1(S(=O)(=O)c2ccc(OCCCc3cccc(-c4ccccc4)c3)cc2)CCN(C2CC2)CC1. The zero-order chi connectivity index (χ0) is 25.9. The molecular weight excluding hydrogens is 522 g/mol. The van der Waals surface area contributed by atoms with E-state index < -0.39 is 20.6 Å². The van der Waals surface area contributed by atoms with Gasteiger partial charge in [-0.1, -0.05) is 54.6 Å². The van der Waals surface area contributed by atoms with Crippen molar-refractivity contribution in [3.63, 3.8) is 0 Å². The Morgan fingerprint density at radius 1 is 0.921 bits per heavy atom. The number of halogens is 1. The topological polar surface area (TPSA) is 83.9 Å². The summed E-state index contributed by atoms with van der Waals surface area (Å²) in [6.07, 6.45) is 4.16. The van der Waals surface area contributed by atoms with E-state index in [0.717, 1.165) is 25.7 Å². The Morgan fingerprint density at radius 2 is 1.58 bits per heavy atom. The molecule has 0 unspecified atom stereocenters. The minimum absolute atomic E-state index is 0. The van der Waals surface area contributed by atoms with Gasteiger partial charge < -0.3 is 14.7 Å². The lowest BCUT2D eigenvalue weighted by Gasteiger charge is -2.38. The van der Waals surface area contributed by atoms with Gasteiger partial charge in [0, 0.05) is 19.1 Å². The van der Waals surface area contributed by atoms with Gasteiger partial charge in [0.15, 0.2) is 14.6 Å². The number of aryl methyl sites for hydroxylation is 1. The third kappa shape index (κ3) is 5.90. The van der Waals surface area contributed by atoms with E-state index >= 15 is 0 Å². The van der Waals surface area contributed by atoms with Crippen molar-refractivity contribution in [1.29, 1.82) is 0 Å². The van der Waals surface area contributed by atoms with Crippen LogP contribution in [0.25, 0.3) is 11.1 Å². The third-order valence-electron chi connectivity index (χ3n) is 7.62. The highest BCUT2D eigenvalue weighted by Gasteiger charge is 2.54. The molecule has 1 saturated heterocycles. The average molecular weight is 556 g/mol. The van der Waals surface area contributed by atoms with E-state index in [2.05, 4.69) is 41.3 Å². The first-order valence-electron chi connectivity index (χ1n) is 13.0. The number of nitrogens with zero attached hydrogens (tertiary/aromatic N) is 1. The van der Waals surface area contributed by atoms with Gasteiger partial charge in [-0.2, -0.15) is 0 Å². The Kier molecular flexibility index (Phi) is 8.81. The van der Waals surface area contributed by atoms with Crippen LogP contribution in [0.1, 0.15) is 37.7 Å². The highest BCUT2D eigenvalue weighted by molar-refractivity contribution is 7.93. The lowest BCUT2D eigenvalue weighted by molar-refractivity contribution is -0.141. The van der Waals surface area contributed by atoms with Gasteiger partial charge in [0.2, 0.25) is 0 Å². The van der Waals surface area contributed by atoms with E-state index in [1.807, 2.05) is 18.2 Å². The number of piperidine rings is 1. The number of likely N-dealkylation sites (tertiary alicyclic amines) is 1. The van der Waals surface area contributed by atoms with Crippen LogP contribution in [0.4, 0.5) is 0 Å². The van der Waals surface area contributed by atoms with Gasteiger partial charge in [-0.3, -0.25) is 4.79 Å². The molecule has 1 aliphatic carbocycles. The van der Waals surface area contributed by atoms with E-state index in [0.29, 0.717) is 31.5 Å². The second-order valence-electron chi connectivity index (χ2n) is 10.1. The summed E-state index contributed by atoms with van der Waals surface area (Å²) in [6, 6.07) is 25.5. The number of carbonyl (C=O) groups is 1. The number of aliphatic carboxylic acids is 1. The Morgan fingerprint density at radius 3 is 2.21 bits per heavy atom. The third-order valence-corrected chi connectivity index (χ3v) is 10.1. The van der Waals surface area contributed by atoms with Gasteiger partial charge >= 0.3 is 5.97 Å². The maximum Gasteiger partial charge on any atom is 0.325 e. The molecule has 5 rings (SSSR count). The van der Waals surface area contributed by atoms with E-state index in [9.17, 15) is 18.3 Å². The fourth-order valence-corrected chi connectivity index (χ4v) is 7.13. The Labute approximate surface area is 231 Å². The number of ether oxygens (including phenoxy) is 1. The molecule has 202 valence electrons. The van der Waals surface area contributed by atoms with Crippen LogP contribution < -0.4 is 4.74 Å². The monoisotopic (exact) mass is 555 g/mol. The Balaban J connectivity index is 0.00000336. The predicted octanol–water partition coefficient (Wildman–Crippen LogP) is 5.64. The van der Waals surface area contributed by atoms with Crippen LogP contribution in [0.3, 0.4) is 0 Å². The molecule has 0 radical (unpaired) electrons. The number of benzene rings is 3. The van der Waals surface area contributed by atoms with E-state index in [1.165, 1.54) is 28.8 Å². The Bertz CT molecular complexity index is 1330. The Hall–Kier alpha value is -2.87. The average Bonchev–Trinajstić information content (AvgIpc) is 3.78.